The Kier molecular flexibility index (Phi) is 3.91. The van der Waals surface area contributed by atoms with Crippen molar-refractivity contribution in [1.82, 2.24) is 9.55 Å². The number of nitrogens with zero attached hydrogens (tertiary/aromatic N) is 3. The van der Waals surface area contributed by atoms with Gasteiger partial charge in [-0.05, 0) is 24.1 Å². The van der Waals surface area contributed by atoms with Crippen LogP contribution in [0.3, 0.4) is 0 Å². The largest absolute Gasteiger partial charge is 0.376 e. The van der Waals surface area contributed by atoms with Gasteiger partial charge >= 0.3 is 0 Å². The zero-order valence-electron chi connectivity index (χ0n) is 12.4. The van der Waals surface area contributed by atoms with Crippen LogP contribution in [0.5, 0.6) is 0 Å². The number of rotatable bonds is 3. The van der Waals surface area contributed by atoms with Gasteiger partial charge in [0, 0.05) is 6.54 Å². The standard InChI is InChI=1S/C16H19N3O2/c1-11(2)9-19-14-4-3-12(8-17)7-13(14)18-16(19)15-10-20-5-6-21-15/h3-4,7,11,15H,5-6,9-10H2,1-2H3. The summed E-state index contributed by atoms with van der Waals surface area (Å²) in [5.74, 6) is 1.40. The van der Waals surface area contributed by atoms with E-state index in [0.717, 1.165) is 23.4 Å². The lowest BCUT2D eigenvalue weighted by Crippen LogP contribution is -2.25. The molecule has 3 rings (SSSR count). The van der Waals surface area contributed by atoms with Gasteiger partial charge < -0.3 is 14.0 Å². The van der Waals surface area contributed by atoms with Crippen LogP contribution in [0.4, 0.5) is 0 Å². The van der Waals surface area contributed by atoms with Crippen molar-refractivity contribution in [3.05, 3.63) is 29.6 Å². The van der Waals surface area contributed by atoms with Crippen molar-refractivity contribution in [2.24, 2.45) is 5.92 Å². The molecule has 5 nitrogen and oxygen atoms in total. The van der Waals surface area contributed by atoms with Crippen LogP contribution in [0.2, 0.25) is 0 Å². The van der Waals surface area contributed by atoms with Crippen molar-refractivity contribution in [1.29, 1.82) is 5.26 Å². The van der Waals surface area contributed by atoms with Crippen molar-refractivity contribution in [2.75, 3.05) is 19.8 Å². The van der Waals surface area contributed by atoms with Gasteiger partial charge in [0.1, 0.15) is 11.9 Å². The van der Waals surface area contributed by atoms with Crippen LogP contribution in [0.15, 0.2) is 18.2 Å². The Morgan fingerprint density at radius 3 is 2.95 bits per heavy atom. The van der Waals surface area contributed by atoms with E-state index in [-0.39, 0.29) is 6.10 Å². The Bertz CT molecular complexity index is 679. The minimum atomic E-state index is -0.129. The first-order chi connectivity index (χ1) is 10.2. The van der Waals surface area contributed by atoms with Crippen LogP contribution in [-0.2, 0) is 16.0 Å². The summed E-state index contributed by atoms with van der Waals surface area (Å²) in [6.45, 7) is 7.00. The number of imidazole rings is 1. The molecule has 1 fully saturated rings. The van der Waals surface area contributed by atoms with E-state index in [1.807, 2.05) is 18.2 Å². The van der Waals surface area contributed by atoms with Gasteiger partial charge in [-0.1, -0.05) is 13.8 Å². The summed E-state index contributed by atoms with van der Waals surface area (Å²) >= 11 is 0. The molecule has 1 aromatic carbocycles. The third-order valence-electron chi connectivity index (χ3n) is 3.56. The van der Waals surface area contributed by atoms with Gasteiger partial charge in [0.15, 0.2) is 0 Å². The van der Waals surface area contributed by atoms with E-state index in [2.05, 4.69) is 24.5 Å². The van der Waals surface area contributed by atoms with E-state index in [1.165, 1.54) is 0 Å². The van der Waals surface area contributed by atoms with E-state index in [0.29, 0.717) is 31.3 Å². The fourth-order valence-electron chi connectivity index (χ4n) is 2.66. The molecule has 2 heterocycles. The van der Waals surface area contributed by atoms with Crippen LogP contribution in [0.25, 0.3) is 11.0 Å². The fourth-order valence-corrected chi connectivity index (χ4v) is 2.66. The van der Waals surface area contributed by atoms with Gasteiger partial charge in [-0.25, -0.2) is 4.98 Å². The van der Waals surface area contributed by atoms with Crippen LogP contribution in [-0.4, -0.2) is 29.4 Å². The van der Waals surface area contributed by atoms with Crippen LogP contribution >= 0.6 is 0 Å². The molecule has 1 saturated heterocycles. The minimum Gasteiger partial charge on any atom is -0.376 e. The van der Waals surface area contributed by atoms with Crippen molar-refractivity contribution in [3.63, 3.8) is 0 Å². The van der Waals surface area contributed by atoms with E-state index >= 15 is 0 Å². The number of nitriles is 1. The lowest BCUT2D eigenvalue weighted by Gasteiger charge is -2.24. The normalized spacial score (nSPS) is 19.0. The third-order valence-corrected chi connectivity index (χ3v) is 3.56. The predicted octanol–water partition coefficient (Wildman–Crippen LogP) is 2.65. The number of aromatic nitrogens is 2. The molecule has 0 N–H and O–H groups in total. The van der Waals surface area contributed by atoms with Crippen molar-refractivity contribution >= 4 is 11.0 Å². The molecule has 0 saturated carbocycles. The highest BCUT2D eigenvalue weighted by Crippen LogP contribution is 2.26. The molecule has 0 spiro atoms. The molecule has 0 amide bonds. The second kappa shape index (κ2) is 5.84. The van der Waals surface area contributed by atoms with Gasteiger partial charge in [-0.2, -0.15) is 5.26 Å². The second-order valence-corrected chi connectivity index (χ2v) is 5.72. The van der Waals surface area contributed by atoms with E-state index in [9.17, 15) is 0 Å². The van der Waals surface area contributed by atoms with Gasteiger partial charge in [0.05, 0.1) is 42.5 Å². The van der Waals surface area contributed by atoms with Gasteiger partial charge in [-0.3, -0.25) is 0 Å². The van der Waals surface area contributed by atoms with Crippen LogP contribution < -0.4 is 0 Å². The number of ether oxygens (including phenoxy) is 2. The quantitative estimate of drug-likeness (QED) is 0.870. The fraction of sp³-hybridized carbons (Fsp3) is 0.500. The molecule has 1 aromatic heterocycles. The Balaban J connectivity index is 2.09. The van der Waals surface area contributed by atoms with Crippen molar-refractivity contribution < 1.29 is 9.47 Å². The topological polar surface area (TPSA) is 60.1 Å². The van der Waals surface area contributed by atoms with Crippen LogP contribution in [0, 0.1) is 17.2 Å². The third kappa shape index (κ3) is 2.78. The zero-order valence-corrected chi connectivity index (χ0v) is 12.4. The summed E-state index contributed by atoms with van der Waals surface area (Å²) < 4.78 is 13.5. The summed E-state index contributed by atoms with van der Waals surface area (Å²) in [5.41, 5.74) is 2.52. The number of benzene rings is 1. The van der Waals surface area contributed by atoms with E-state index in [4.69, 9.17) is 19.7 Å². The number of fused-ring (bicyclic) bond motifs is 1. The average Bonchev–Trinajstić information content (AvgIpc) is 2.85. The van der Waals surface area contributed by atoms with Gasteiger partial charge in [0.2, 0.25) is 0 Å². The first-order valence-electron chi connectivity index (χ1n) is 7.28. The minimum absolute atomic E-state index is 0.129. The van der Waals surface area contributed by atoms with E-state index < -0.39 is 0 Å². The smallest absolute Gasteiger partial charge is 0.141 e. The maximum atomic E-state index is 9.04. The Morgan fingerprint density at radius 2 is 2.29 bits per heavy atom. The van der Waals surface area contributed by atoms with Gasteiger partial charge in [0.25, 0.3) is 0 Å². The predicted molar refractivity (Wildman–Crippen MR) is 78.8 cm³/mol. The molecule has 1 aliphatic heterocycles. The van der Waals surface area contributed by atoms with Crippen molar-refractivity contribution in [3.8, 4) is 6.07 Å². The molecule has 1 atom stereocenters. The lowest BCUT2D eigenvalue weighted by molar-refractivity contribution is -0.0946. The maximum Gasteiger partial charge on any atom is 0.141 e. The van der Waals surface area contributed by atoms with Gasteiger partial charge in [-0.15, -0.1) is 0 Å². The number of hydrogen-bond donors (Lipinski definition) is 0. The average molecular weight is 285 g/mol. The summed E-state index contributed by atoms with van der Waals surface area (Å²) in [7, 11) is 0. The molecule has 21 heavy (non-hydrogen) atoms. The molecular formula is C16H19N3O2. The highest BCUT2D eigenvalue weighted by Gasteiger charge is 2.24. The van der Waals surface area contributed by atoms with E-state index in [1.54, 1.807) is 0 Å². The molecule has 110 valence electrons. The summed E-state index contributed by atoms with van der Waals surface area (Å²) in [4.78, 5) is 4.70. The molecule has 1 unspecified atom stereocenters. The Morgan fingerprint density at radius 1 is 1.43 bits per heavy atom. The van der Waals surface area contributed by atoms with Crippen molar-refractivity contribution in [2.45, 2.75) is 26.5 Å². The summed E-state index contributed by atoms with van der Waals surface area (Å²) in [6, 6.07) is 7.80. The molecule has 2 aromatic rings. The Hall–Kier alpha value is -1.90. The summed E-state index contributed by atoms with van der Waals surface area (Å²) in [5, 5.41) is 9.04. The molecule has 0 bridgehead atoms. The molecule has 5 heteroatoms. The Labute approximate surface area is 124 Å². The zero-order chi connectivity index (χ0) is 14.8. The molecule has 0 aliphatic carbocycles. The highest BCUT2D eigenvalue weighted by molar-refractivity contribution is 5.77. The van der Waals surface area contributed by atoms with Crippen LogP contribution in [0.1, 0.15) is 31.3 Å². The highest BCUT2D eigenvalue weighted by atomic mass is 16.6. The first kappa shape index (κ1) is 14.1. The summed E-state index contributed by atoms with van der Waals surface area (Å²) in [6.07, 6.45) is -0.129. The number of hydrogen-bond acceptors (Lipinski definition) is 4. The maximum absolute atomic E-state index is 9.04. The lowest BCUT2D eigenvalue weighted by atomic mass is 10.2. The monoisotopic (exact) mass is 285 g/mol. The molecular weight excluding hydrogens is 266 g/mol. The molecule has 0 radical (unpaired) electrons. The second-order valence-electron chi connectivity index (χ2n) is 5.72. The molecule has 1 aliphatic rings. The SMILES string of the molecule is CC(C)Cn1c(C2COCCO2)nc2cc(C#N)ccc21. The first-order valence-corrected chi connectivity index (χ1v) is 7.28.